The van der Waals surface area contributed by atoms with Gasteiger partial charge >= 0.3 is 0 Å². The average molecular weight is 193 g/mol. The first-order valence-corrected chi connectivity index (χ1v) is 4.93. The van der Waals surface area contributed by atoms with Gasteiger partial charge in [-0.05, 0) is 11.1 Å². The molecule has 76 valence electrons. The lowest BCUT2D eigenvalue weighted by atomic mass is 10.0. The average Bonchev–Trinajstić information content (AvgIpc) is 2.66. The lowest BCUT2D eigenvalue weighted by molar-refractivity contribution is 0.182. The van der Waals surface area contributed by atoms with Crippen molar-refractivity contribution < 1.29 is 9.84 Å². The molecule has 0 saturated heterocycles. The highest BCUT2D eigenvalue weighted by molar-refractivity contribution is 5.44. The zero-order valence-electron chi connectivity index (χ0n) is 8.07. The maximum Gasteiger partial charge on any atom is 0.125 e. The summed E-state index contributed by atoms with van der Waals surface area (Å²) in [5.41, 5.74) is 7.68. The van der Waals surface area contributed by atoms with E-state index in [1.54, 1.807) is 0 Å². The molecule has 0 saturated carbocycles. The molecule has 3 nitrogen and oxygen atoms in total. The van der Waals surface area contributed by atoms with Crippen LogP contribution in [0.4, 0.5) is 0 Å². The third kappa shape index (κ3) is 1.74. The summed E-state index contributed by atoms with van der Waals surface area (Å²) >= 11 is 0. The second-order valence-electron chi connectivity index (χ2n) is 3.60. The third-order valence-electron chi connectivity index (χ3n) is 2.52. The van der Waals surface area contributed by atoms with Gasteiger partial charge in [-0.25, -0.2) is 0 Å². The summed E-state index contributed by atoms with van der Waals surface area (Å²) in [6.45, 7) is 1.05. The molecule has 3 N–H and O–H groups in total. The smallest absolute Gasteiger partial charge is 0.125 e. The summed E-state index contributed by atoms with van der Waals surface area (Å²) in [5, 5.41) is 9.46. The van der Waals surface area contributed by atoms with E-state index in [1.165, 1.54) is 5.56 Å². The number of aliphatic hydroxyl groups excluding tert-OH is 1. The van der Waals surface area contributed by atoms with Crippen molar-refractivity contribution in [2.75, 3.05) is 13.2 Å². The third-order valence-corrected chi connectivity index (χ3v) is 2.52. The summed E-state index contributed by atoms with van der Waals surface area (Å²) in [4.78, 5) is 0. The highest BCUT2D eigenvalue weighted by Crippen LogP contribution is 2.29. The van der Waals surface area contributed by atoms with Crippen LogP contribution in [0.3, 0.4) is 0 Å². The molecule has 2 rings (SSSR count). The van der Waals surface area contributed by atoms with E-state index in [1.807, 2.05) is 12.1 Å². The zero-order valence-corrected chi connectivity index (χ0v) is 8.07. The Balaban J connectivity index is 2.22. The summed E-state index contributed by atoms with van der Waals surface area (Å²) in [7, 11) is 0. The minimum atomic E-state index is -0.467. The normalized spacial score (nSPS) is 16.1. The number of ether oxygens (including phenoxy) is 1. The molecule has 14 heavy (non-hydrogen) atoms. The number of benzene rings is 1. The molecule has 0 aromatic heterocycles. The monoisotopic (exact) mass is 193 g/mol. The molecule has 1 unspecified atom stereocenters. The Labute approximate surface area is 83.5 Å². The summed E-state index contributed by atoms with van der Waals surface area (Å²) in [6.07, 6.45) is 1.09. The molecule has 1 aliphatic heterocycles. The molecular formula is C11H15NO2. The van der Waals surface area contributed by atoms with Crippen LogP contribution in [-0.2, 0) is 12.8 Å². The number of hydrogen-bond acceptors (Lipinski definition) is 3. The lowest BCUT2D eigenvalue weighted by Crippen LogP contribution is -2.22. The van der Waals surface area contributed by atoms with Crippen LogP contribution in [-0.4, -0.2) is 24.4 Å². The lowest BCUT2D eigenvalue weighted by Gasteiger charge is -2.11. The second kappa shape index (κ2) is 3.98. The second-order valence-corrected chi connectivity index (χ2v) is 3.60. The molecule has 0 amide bonds. The van der Waals surface area contributed by atoms with Crippen molar-refractivity contribution in [1.29, 1.82) is 0 Å². The number of para-hydroxylation sites is 1. The van der Waals surface area contributed by atoms with Gasteiger partial charge in [0.25, 0.3) is 0 Å². The van der Waals surface area contributed by atoms with Crippen molar-refractivity contribution in [3.63, 3.8) is 0 Å². The van der Waals surface area contributed by atoms with Crippen LogP contribution >= 0.6 is 0 Å². The Morgan fingerprint density at radius 2 is 2.36 bits per heavy atom. The number of rotatable bonds is 3. The maximum atomic E-state index is 9.46. The van der Waals surface area contributed by atoms with Gasteiger partial charge in [-0.2, -0.15) is 0 Å². The summed E-state index contributed by atoms with van der Waals surface area (Å²) < 4.78 is 5.52. The van der Waals surface area contributed by atoms with E-state index in [-0.39, 0.29) is 0 Å². The van der Waals surface area contributed by atoms with Crippen LogP contribution in [0.2, 0.25) is 0 Å². The van der Waals surface area contributed by atoms with Crippen LogP contribution in [0.5, 0.6) is 5.75 Å². The van der Waals surface area contributed by atoms with E-state index < -0.39 is 6.10 Å². The Morgan fingerprint density at radius 3 is 3.14 bits per heavy atom. The van der Waals surface area contributed by atoms with Gasteiger partial charge in [0.05, 0.1) is 12.7 Å². The molecule has 0 aliphatic carbocycles. The molecule has 0 bridgehead atoms. The fourth-order valence-corrected chi connectivity index (χ4v) is 1.78. The molecule has 0 spiro atoms. The zero-order chi connectivity index (χ0) is 9.97. The highest BCUT2D eigenvalue weighted by atomic mass is 16.5. The number of nitrogens with two attached hydrogens (primary N) is 1. The van der Waals surface area contributed by atoms with Gasteiger partial charge in [0.15, 0.2) is 0 Å². The molecule has 0 fully saturated rings. The largest absolute Gasteiger partial charge is 0.493 e. The minimum absolute atomic E-state index is 0.295. The Hall–Kier alpha value is -1.06. The SMILES string of the molecule is NCC(O)Cc1cccc2c1OCC2. The van der Waals surface area contributed by atoms with Crippen molar-refractivity contribution in [3.05, 3.63) is 29.3 Å². The summed E-state index contributed by atoms with van der Waals surface area (Å²) in [6, 6.07) is 6.07. The van der Waals surface area contributed by atoms with Gasteiger partial charge in [0, 0.05) is 19.4 Å². The predicted molar refractivity (Wildman–Crippen MR) is 54.4 cm³/mol. The van der Waals surface area contributed by atoms with Crippen molar-refractivity contribution in [1.82, 2.24) is 0 Å². The van der Waals surface area contributed by atoms with E-state index >= 15 is 0 Å². The molecule has 1 aliphatic rings. The molecule has 1 atom stereocenters. The van der Waals surface area contributed by atoms with Crippen LogP contribution in [0.15, 0.2) is 18.2 Å². The summed E-state index contributed by atoms with van der Waals surface area (Å²) in [5.74, 6) is 0.958. The quantitative estimate of drug-likeness (QED) is 0.734. The van der Waals surface area contributed by atoms with E-state index in [9.17, 15) is 5.11 Å². The molecule has 0 radical (unpaired) electrons. The topological polar surface area (TPSA) is 55.5 Å². The maximum absolute atomic E-state index is 9.46. The fourth-order valence-electron chi connectivity index (χ4n) is 1.78. The van der Waals surface area contributed by atoms with Crippen molar-refractivity contribution in [3.8, 4) is 5.75 Å². The highest BCUT2D eigenvalue weighted by Gasteiger charge is 2.17. The molecule has 3 heteroatoms. The van der Waals surface area contributed by atoms with Crippen LogP contribution < -0.4 is 10.5 Å². The van der Waals surface area contributed by atoms with Crippen LogP contribution in [0, 0.1) is 0 Å². The molecule has 1 heterocycles. The Kier molecular flexibility index (Phi) is 2.70. The van der Waals surface area contributed by atoms with Gasteiger partial charge in [-0.15, -0.1) is 0 Å². The minimum Gasteiger partial charge on any atom is -0.493 e. The van der Waals surface area contributed by atoms with Gasteiger partial charge in [0.2, 0.25) is 0 Å². The van der Waals surface area contributed by atoms with Crippen molar-refractivity contribution in [2.45, 2.75) is 18.9 Å². The first-order valence-electron chi connectivity index (χ1n) is 4.93. The van der Waals surface area contributed by atoms with E-state index in [0.29, 0.717) is 13.0 Å². The number of hydrogen-bond donors (Lipinski definition) is 2. The Bertz CT molecular complexity index is 325. The van der Waals surface area contributed by atoms with Crippen LogP contribution in [0.1, 0.15) is 11.1 Å². The fraction of sp³-hybridized carbons (Fsp3) is 0.455. The van der Waals surface area contributed by atoms with E-state index in [2.05, 4.69) is 6.07 Å². The van der Waals surface area contributed by atoms with Gasteiger partial charge in [-0.1, -0.05) is 18.2 Å². The number of fused-ring (bicyclic) bond motifs is 1. The van der Waals surface area contributed by atoms with E-state index in [0.717, 1.165) is 24.3 Å². The van der Waals surface area contributed by atoms with Gasteiger partial charge in [-0.3, -0.25) is 0 Å². The first kappa shape index (κ1) is 9.49. The molecular weight excluding hydrogens is 178 g/mol. The first-order chi connectivity index (χ1) is 6.81. The van der Waals surface area contributed by atoms with Crippen molar-refractivity contribution in [2.24, 2.45) is 5.73 Å². The molecule has 1 aromatic carbocycles. The van der Waals surface area contributed by atoms with Gasteiger partial charge < -0.3 is 15.6 Å². The van der Waals surface area contributed by atoms with Crippen LogP contribution in [0.25, 0.3) is 0 Å². The molecule has 1 aromatic rings. The van der Waals surface area contributed by atoms with E-state index in [4.69, 9.17) is 10.5 Å². The standard InChI is InChI=1S/C11H15NO2/c12-7-10(13)6-9-3-1-2-8-4-5-14-11(8)9/h1-3,10,13H,4-7,12H2. The Morgan fingerprint density at radius 1 is 1.50 bits per heavy atom. The van der Waals surface area contributed by atoms with Gasteiger partial charge in [0.1, 0.15) is 5.75 Å². The van der Waals surface area contributed by atoms with Crippen molar-refractivity contribution >= 4 is 0 Å². The number of aliphatic hydroxyl groups is 1. The predicted octanol–water partition coefficient (Wildman–Crippen LogP) is 0.484.